The minimum atomic E-state index is 0.0102. The highest BCUT2D eigenvalue weighted by molar-refractivity contribution is 7.98. The lowest BCUT2D eigenvalue weighted by molar-refractivity contribution is -0.129. The molecule has 0 N–H and O–H groups in total. The molecule has 0 fully saturated rings. The SMILES string of the molecule is CSCCC(=O)N(C)N=C(C)c1cn(-c2cccnc2)nc1C. The van der Waals surface area contributed by atoms with Gasteiger partial charge in [-0.25, -0.2) is 9.69 Å². The highest BCUT2D eigenvalue weighted by Crippen LogP contribution is 2.13. The molecule has 0 aromatic carbocycles. The predicted molar refractivity (Wildman–Crippen MR) is 94.1 cm³/mol. The number of pyridine rings is 1. The summed E-state index contributed by atoms with van der Waals surface area (Å²) in [4.78, 5) is 16.1. The van der Waals surface area contributed by atoms with Gasteiger partial charge in [-0.3, -0.25) is 9.78 Å². The van der Waals surface area contributed by atoms with E-state index in [0.717, 1.165) is 28.4 Å². The first-order chi connectivity index (χ1) is 11.0. The molecule has 0 radical (unpaired) electrons. The summed E-state index contributed by atoms with van der Waals surface area (Å²) in [5.74, 6) is 0.811. The molecule has 6 nitrogen and oxygen atoms in total. The maximum Gasteiger partial charge on any atom is 0.243 e. The van der Waals surface area contributed by atoms with Crippen molar-refractivity contribution in [2.75, 3.05) is 19.1 Å². The fraction of sp³-hybridized carbons (Fsp3) is 0.375. The van der Waals surface area contributed by atoms with Crippen LogP contribution < -0.4 is 0 Å². The summed E-state index contributed by atoms with van der Waals surface area (Å²) in [6.07, 6.45) is 7.86. The first-order valence-corrected chi connectivity index (χ1v) is 8.70. The van der Waals surface area contributed by atoms with Crippen molar-refractivity contribution in [3.63, 3.8) is 0 Å². The summed E-state index contributed by atoms with van der Waals surface area (Å²) in [6, 6.07) is 3.80. The second-order valence-electron chi connectivity index (χ2n) is 5.13. The monoisotopic (exact) mass is 331 g/mol. The third kappa shape index (κ3) is 4.41. The lowest BCUT2D eigenvalue weighted by Crippen LogP contribution is -2.23. The number of aromatic nitrogens is 3. The number of hydrazone groups is 1. The average Bonchev–Trinajstić information content (AvgIpc) is 2.95. The fourth-order valence-electron chi connectivity index (χ4n) is 2.12. The highest BCUT2D eigenvalue weighted by atomic mass is 32.2. The van der Waals surface area contributed by atoms with Gasteiger partial charge in [0.1, 0.15) is 0 Å². The van der Waals surface area contributed by atoms with E-state index in [-0.39, 0.29) is 5.91 Å². The zero-order valence-corrected chi connectivity index (χ0v) is 14.7. The van der Waals surface area contributed by atoms with Gasteiger partial charge in [0, 0.05) is 37.2 Å². The van der Waals surface area contributed by atoms with Crippen LogP contribution in [-0.4, -0.2) is 50.4 Å². The predicted octanol–water partition coefficient (Wildman–Crippen LogP) is 2.51. The van der Waals surface area contributed by atoms with E-state index in [1.807, 2.05) is 38.4 Å². The summed E-state index contributed by atoms with van der Waals surface area (Å²) in [7, 11) is 1.69. The molecule has 23 heavy (non-hydrogen) atoms. The van der Waals surface area contributed by atoms with E-state index in [1.54, 1.807) is 35.9 Å². The molecule has 2 aromatic rings. The van der Waals surface area contributed by atoms with Crippen LogP contribution in [0.25, 0.3) is 5.69 Å². The second-order valence-corrected chi connectivity index (χ2v) is 6.12. The number of thioether (sulfide) groups is 1. The normalized spacial score (nSPS) is 11.6. The molecule has 0 unspecified atom stereocenters. The van der Waals surface area contributed by atoms with Crippen molar-refractivity contribution in [2.24, 2.45) is 5.10 Å². The highest BCUT2D eigenvalue weighted by Gasteiger charge is 2.12. The lowest BCUT2D eigenvalue weighted by atomic mass is 10.2. The smallest absolute Gasteiger partial charge is 0.243 e. The van der Waals surface area contributed by atoms with Crippen LogP contribution >= 0.6 is 11.8 Å². The number of amides is 1. The fourth-order valence-corrected chi connectivity index (χ4v) is 2.50. The summed E-state index contributed by atoms with van der Waals surface area (Å²) in [5, 5.41) is 10.3. The number of hydrogen-bond donors (Lipinski definition) is 0. The van der Waals surface area contributed by atoms with Crippen LogP contribution in [0.3, 0.4) is 0 Å². The Labute approximate surface area is 140 Å². The summed E-state index contributed by atoms with van der Waals surface area (Å²) < 4.78 is 1.77. The van der Waals surface area contributed by atoms with E-state index >= 15 is 0 Å². The van der Waals surface area contributed by atoms with Crippen LogP contribution in [0.5, 0.6) is 0 Å². The van der Waals surface area contributed by atoms with Crippen molar-refractivity contribution in [3.8, 4) is 5.69 Å². The van der Waals surface area contributed by atoms with Gasteiger partial charge in [-0.2, -0.15) is 22.0 Å². The molecule has 0 aliphatic heterocycles. The standard InChI is InChI=1S/C16H21N5OS/c1-12(18-20(3)16(22)7-9-23-4)15-11-21(19-13(15)2)14-6-5-8-17-10-14/h5-6,8,10-11H,7,9H2,1-4H3. The van der Waals surface area contributed by atoms with Crippen LogP contribution in [0.15, 0.2) is 35.8 Å². The van der Waals surface area contributed by atoms with Crippen molar-refractivity contribution in [3.05, 3.63) is 42.0 Å². The number of nitrogens with zero attached hydrogens (tertiary/aromatic N) is 5. The molecule has 0 aliphatic carbocycles. The van der Waals surface area contributed by atoms with E-state index < -0.39 is 0 Å². The maximum atomic E-state index is 12.0. The van der Waals surface area contributed by atoms with Crippen LogP contribution in [-0.2, 0) is 4.79 Å². The third-order valence-corrected chi connectivity index (χ3v) is 3.99. The van der Waals surface area contributed by atoms with Gasteiger partial charge in [0.2, 0.25) is 5.91 Å². The Morgan fingerprint density at radius 3 is 2.91 bits per heavy atom. The number of hydrogen-bond acceptors (Lipinski definition) is 5. The Hall–Kier alpha value is -2.15. The first-order valence-electron chi connectivity index (χ1n) is 7.30. The first kappa shape index (κ1) is 17.2. The summed E-state index contributed by atoms with van der Waals surface area (Å²) >= 11 is 1.65. The minimum absolute atomic E-state index is 0.0102. The number of aryl methyl sites for hydroxylation is 1. The van der Waals surface area contributed by atoms with Crippen LogP contribution in [0.2, 0.25) is 0 Å². The molecule has 0 saturated heterocycles. The van der Waals surface area contributed by atoms with Gasteiger partial charge in [0.15, 0.2) is 0 Å². The topological polar surface area (TPSA) is 63.4 Å². The largest absolute Gasteiger partial charge is 0.273 e. The lowest BCUT2D eigenvalue weighted by Gasteiger charge is -2.12. The molecule has 7 heteroatoms. The van der Waals surface area contributed by atoms with Gasteiger partial charge in [0.05, 0.1) is 23.3 Å². The molecule has 2 heterocycles. The van der Waals surface area contributed by atoms with E-state index in [1.165, 1.54) is 5.01 Å². The Morgan fingerprint density at radius 1 is 1.48 bits per heavy atom. The van der Waals surface area contributed by atoms with Gasteiger partial charge in [-0.1, -0.05) is 0 Å². The van der Waals surface area contributed by atoms with Crippen LogP contribution in [0.1, 0.15) is 24.6 Å². The Kier molecular flexibility index (Phi) is 5.92. The van der Waals surface area contributed by atoms with Crippen LogP contribution in [0, 0.1) is 6.92 Å². The van der Waals surface area contributed by atoms with E-state index in [4.69, 9.17) is 0 Å². The van der Waals surface area contributed by atoms with Crippen molar-refractivity contribution < 1.29 is 4.79 Å². The van der Waals surface area contributed by atoms with Gasteiger partial charge in [-0.05, 0) is 32.2 Å². The van der Waals surface area contributed by atoms with Gasteiger partial charge in [-0.15, -0.1) is 0 Å². The van der Waals surface area contributed by atoms with Gasteiger partial charge >= 0.3 is 0 Å². The summed E-state index contributed by atoms with van der Waals surface area (Å²) in [6.45, 7) is 3.81. The van der Waals surface area contributed by atoms with Crippen molar-refractivity contribution >= 4 is 23.4 Å². The molecule has 0 aliphatic rings. The minimum Gasteiger partial charge on any atom is -0.273 e. The molecule has 0 bridgehead atoms. The quantitative estimate of drug-likeness (QED) is 0.603. The van der Waals surface area contributed by atoms with E-state index in [2.05, 4.69) is 15.2 Å². The molecule has 0 atom stereocenters. The zero-order valence-electron chi connectivity index (χ0n) is 13.9. The molecule has 1 amide bonds. The molecule has 2 aromatic heterocycles. The molecular formula is C16H21N5OS. The van der Waals surface area contributed by atoms with Crippen molar-refractivity contribution in [1.82, 2.24) is 19.8 Å². The number of carbonyl (C=O) groups excluding carboxylic acids is 1. The molecular weight excluding hydrogens is 310 g/mol. The average molecular weight is 331 g/mol. The van der Waals surface area contributed by atoms with Crippen molar-refractivity contribution in [1.29, 1.82) is 0 Å². The third-order valence-electron chi connectivity index (χ3n) is 3.38. The number of carbonyl (C=O) groups is 1. The summed E-state index contributed by atoms with van der Waals surface area (Å²) in [5.41, 5.74) is 3.43. The maximum absolute atomic E-state index is 12.0. The second kappa shape index (κ2) is 7.92. The molecule has 0 spiro atoms. The number of rotatable bonds is 6. The van der Waals surface area contributed by atoms with Crippen LogP contribution in [0.4, 0.5) is 0 Å². The van der Waals surface area contributed by atoms with Gasteiger partial charge in [0.25, 0.3) is 0 Å². The molecule has 2 rings (SSSR count). The Balaban J connectivity index is 2.19. The zero-order chi connectivity index (χ0) is 16.8. The van der Waals surface area contributed by atoms with E-state index in [9.17, 15) is 4.79 Å². The van der Waals surface area contributed by atoms with Crippen molar-refractivity contribution in [2.45, 2.75) is 20.3 Å². The van der Waals surface area contributed by atoms with Gasteiger partial charge < -0.3 is 0 Å². The Bertz CT molecular complexity index is 696. The molecule has 0 saturated carbocycles. The van der Waals surface area contributed by atoms with E-state index in [0.29, 0.717) is 6.42 Å². The molecule has 122 valence electrons. The Morgan fingerprint density at radius 2 is 2.26 bits per heavy atom.